The summed E-state index contributed by atoms with van der Waals surface area (Å²) < 4.78 is 5.03. The monoisotopic (exact) mass is 255 g/mol. The van der Waals surface area contributed by atoms with Crippen LogP contribution in [0.15, 0.2) is 4.99 Å². The Labute approximate surface area is 112 Å². The Bertz CT molecular complexity index is 243. The van der Waals surface area contributed by atoms with E-state index in [9.17, 15) is 0 Å². The number of methoxy groups -OCH3 is 1. The van der Waals surface area contributed by atoms with Gasteiger partial charge in [0.15, 0.2) is 5.96 Å². The molecule has 2 N–H and O–H groups in total. The highest BCUT2D eigenvalue weighted by Gasteiger charge is 2.18. The van der Waals surface area contributed by atoms with Gasteiger partial charge < -0.3 is 15.4 Å². The summed E-state index contributed by atoms with van der Waals surface area (Å²) in [4.78, 5) is 4.68. The molecule has 18 heavy (non-hydrogen) atoms. The maximum absolute atomic E-state index is 5.03. The molecule has 1 aliphatic carbocycles. The minimum absolute atomic E-state index is 0.713. The molecule has 0 aromatic rings. The van der Waals surface area contributed by atoms with Crippen LogP contribution in [0.1, 0.15) is 39.5 Å². The molecule has 0 spiro atoms. The number of hydrogen-bond acceptors (Lipinski definition) is 2. The van der Waals surface area contributed by atoms with Crippen LogP contribution in [0.4, 0.5) is 0 Å². The molecule has 0 aliphatic heterocycles. The molecule has 0 amide bonds. The number of aliphatic imine (C=N–C) groups is 1. The van der Waals surface area contributed by atoms with Crippen LogP contribution in [-0.2, 0) is 4.74 Å². The smallest absolute Gasteiger partial charge is 0.191 e. The van der Waals surface area contributed by atoms with Crippen LogP contribution in [-0.4, -0.2) is 39.3 Å². The average Bonchev–Trinajstić information content (AvgIpc) is 2.36. The molecule has 0 saturated heterocycles. The number of ether oxygens (including phenoxy) is 1. The minimum atomic E-state index is 0.713. The molecule has 2 atom stereocenters. The van der Waals surface area contributed by atoms with E-state index in [4.69, 9.17) is 4.74 Å². The lowest BCUT2D eigenvalue weighted by molar-refractivity contribution is 0.203. The quantitative estimate of drug-likeness (QED) is 0.433. The second-order valence-corrected chi connectivity index (χ2v) is 5.28. The van der Waals surface area contributed by atoms with Gasteiger partial charge in [0.05, 0.1) is 6.61 Å². The van der Waals surface area contributed by atoms with E-state index >= 15 is 0 Å². The van der Waals surface area contributed by atoms with E-state index in [0.29, 0.717) is 6.61 Å². The van der Waals surface area contributed by atoms with Crippen molar-refractivity contribution < 1.29 is 4.74 Å². The molecule has 0 radical (unpaired) electrons. The SMILES string of the molecule is CCNC(=NCC1CCCC(C)C1)NCCOC. The van der Waals surface area contributed by atoms with Crippen LogP contribution >= 0.6 is 0 Å². The maximum Gasteiger partial charge on any atom is 0.191 e. The first-order valence-electron chi connectivity index (χ1n) is 7.27. The van der Waals surface area contributed by atoms with Crippen LogP contribution in [0.2, 0.25) is 0 Å². The molecular weight excluding hydrogens is 226 g/mol. The van der Waals surface area contributed by atoms with E-state index < -0.39 is 0 Å². The highest BCUT2D eigenvalue weighted by molar-refractivity contribution is 5.79. The molecule has 0 bridgehead atoms. The molecule has 0 aromatic heterocycles. The fourth-order valence-corrected chi connectivity index (χ4v) is 2.56. The second-order valence-electron chi connectivity index (χ2n) is 5.28. The molecule has 4 nitrogen and oxygen atoms in total. The number of nitrogens with zero attached hydrogens (tertiary/aromatic N) is 1. The van der Waals surface area contributed by atoms with E-state index in [1.165, 1.54) is 25.7 Å². The van der Waals surface area contributed by atoms with Gasteiger partial charge in [-0.3, -0.25) is 4.99 Å². The molecule has 4 heteroatoms. The Kier molecular flexibility index (Phi) is 7.81. The van der Waals surface area contributed by atoms with Gasteiger partial charge in [0.25, 0.3) is 0 Å². The third-order valence-corrected chi connectivity index (χ3v) is 3.50. The van der Waals surface area contributed by atoms with Gasteiger partial charge in [0, 0.05) is 26.7 Å². The Morgan fingerprint density at radius 1 is 1.33 bits per heavy atom. The lowest BCUT2D eigenvalue weighted by Crippen LogP contribution is -2.39. The van der Waals surface area contributed by atoms with Crippen LogP contribution in [0.5, 0.6) is 0 Å². The Morgan fingerprint density at radius 3 is 2.83 bits per heavy atom. The molecule has 1 saturated carbocycles. The van der Waals surface area contributed by atoms with Crippen LogP contribution in [0, 0.1) is 11.8 Å². The molecule has 1 aliphatic rings. The van der Waals surface area contributed by atoms with Crippen LogP contribution < -0.4 is 10.6 Å². The number of hydrogen-bond donors (Lipinski definition) is 2. The number of nitrogens with one attached hydrogen (secondary N) is 2. The van der Waals surface area contributed by atoms with E-state index in [1.807, 2.05) is 0 Å². The van der Waals surface area contributed by atoms with E-state index in [-0.39, 0.29) is 0 Å². The van der Waals surface area contributed by atoms with Gasteiger partial charge in [0.1, 0.15) is 0 Å². The first-order valence-corrected chi connectivity index (χ1v) is 7.27. The zero-order valence-corrected chi connectivity index (χ0v) is 12.2. The van der Waals surface area contributed by atoms with Crippen LogP contribution in [0.3, 0.4) is 0 Å². The van der Waals surface area contributed by atoms with E-state index in [0.717, 1.165) is 37.4 Å². The van der Waals surface area contributed by atoms with Crippen molar-refractivity contribution in [3.8, 4) is 0 Å². The minimum Gasteiger partial charge on any atom is -0.383 e. The Morgan fingerprint density at radius 2 is 2.17 bits per heavy atom. The Balaban J connectivity index is 2.33. The van der Waals surface area contributed by atoms with Crippen molar-refractivity contribution in [2.75, 3.05) is 33.4 Å². The summed E-state index contributed by atoms with van der Waals surface area (Å²) in [6.07, 6.45) is 5.44. The first kappa shape index (κ1) is 15.3. The van der Waals surface area contributed by atoms with Crippen molar-refractivity contribution in [3.05, 3.63) is 0 Å². The standard InChI is InChI=1S/C14H29N3O/c1-4-15-14(16-8-9-18-3)17-11-13-7-5-6-12(2)10-13/h12-13H,4-11H2,1-3H3,(H2,15,16,17). The van der Waals surface area contributed by atoms with Gasteiger partial charge in [-0.2, -0.15) is 0 Å². The largest absolute Gasteiger partial charge is 0.383 e. The van der Waals surface area contributed by atoms with E-state index in [1.54, 1.807) is 7.11 Å². The first-order chi connectivity index (χ1) is 8.76. The number of rotatable bonds is 6. The van der Waals surface area contributed by atoms with Gasteiger partial charge in [-0.15, -0.1) is 0 Å². The molecule has 0 heterocycles. The van der Waals surface area contributed by atoms with Gasteiger partial charge >= 0.3 is 0 Å². The molecule has 1 rings (SSSR count). The third-order valence-electron chi connectivity index (χ3n) is 3.50. The summed E-state index contributed by atoms with van der Waals surface area (Å²) in [5.41, 5.74) is 0. The molecule has 106 valence electrons. The summed E-state index contributed by atoms with van der Waals surface area (Å²) in [6.45, 7) is 7.83. The summed E-state index contributed by atoms with van der Waals surface area (Å²) in [5, 5.41) is 6.56. The van der Waals surface area contributed by atoms with Crippen molar-refractivity contribution in [3.63, 3.8) is 0 Å². The van der Waals surface area contributed by atoms with Crippen molar-refractivity contribution in [2.45, 2.75) is 39.5 Å². The van der Waals surface area contributed by atoms with Crippen molar-refractivity contribution in [1.29, 1.82) is 0 Å². The van der Waals surface area contributed by atoms with Crippen molar-refractivity contribution >= 4 is 5.96 Å². The topological polar surface area (TPSA) is 45.7 Å². The molecule has 1 fully saturated rings. The lowest BCUT2D eigenvalue weighted by atomic mass is 9.82. The van der Waals surface area contributed by atoms with Gasteiger partial charge in [0.2, 0.25) is 0 Å². The molecular formula is C14H29N3O. The summed E-state index contributed by atoms with van der Waals surface area (Å²) >= 11 is 0. The van der Waals surface area contributed by atoms with E-state index in [2.05, 4.69) is 29.5 Å². The summed E-state index contributed by atoms with van der Waals surface area (Å²) in [6, 6.07) is 0. The lowest BCUT2D eigenvalue weighted by Gasteiger charge is -2.25. The molecule has 0 aromatic carbocycles. The summed E-state index contributed by atoms with van der Waals surface area (Å²) in [7, 11) is 1.72. The predicted octanol–water partition coefficient (Wildman–Crippen LogP) is 2.01. The normalized spacial score (nSPS) is 24.9. The maximum atomic E-state index is 5.03. The fourth-order valence-electron chi connectivity index (χ4n) is 2.56. The van der Waals surface area contributed by atoms with Gasteiger partial charge in [-0.25, -0.2) is 0 Å². The number of guanidine groups is 1. The van der Waals surface area contributed by atoms with Crippen molar-refractivity contribution in [1.82, 2.24) is 10.6 Å². The zero-order chi connectivity index (χ0) is 13.2. The summed E-state index contributed by atoms with van der Waals surface area (Å²) in [5.74, 6) is 2.57. The fraction of sp³-hybridized carbons (Fsp3) is 0.929. The van der Waals surface area contributed by atoms with Gasteiger partial charge in [-0.05, 0) is 31.6 Å². The molecule has 2 unspecified atom stereocenters. The predicted molar refractivity (Wildman–Crippen MR) is 77.0 cm³/mol. The highest BCUT2D eigenvalue weighted by Crippen LogP contribution is 2.28. The highest BCUT2D eigenvalue weighted by atomic mass is 16.5. The second kappa shape index (κ2) is 9.20. The third kappa shape index (κ3) is 6.24. The van der Waals surface area contributed by atoms with Gasteiger partial charge in [-0.1, -0.05) is 19.8 Å². The van der Waals surface area contributed by atoms with Crippen LogP contribution in [0.25, 0.3) is 0 Å². The zero-order valence-electron chi connectivity index (χ0n) is 12.2. The average molecular weight is 255 g/mol. The Hall–Kier alpha value is -0.770. The van der Waals surface area contributed by atoms with Crippen molar-refractivity contribution in [2.24, 2.45) is 16.8 Å².